The van der Waals surface area contributed by atoms with Gasteiger partial charge < -0.3 is 14.9 Å². The third-order valence-corrected chi connectivity index (χ3v) is 4.98. The third kappa shape index (κ3) is 4.18. The molecule has 1 aromatic carbocycles. The van der Waals surface area contributed by atoms with E-state index < -0.39 is 5.41 Å². The van der Waals surface area contributed by atoms with Gasteiger partial charge in [0.05, 0.1) is 11.1 Å². The topological polar surface area (TPSA) is 59.9 Å². The Bertz CT molecular complexity index is 641. The third-order valence-electron chi connectivity index (χ3n) is 4.98. The standard InChI is InChI=1S/C19H25FN2O3/c1-2-8-21-18(23)19(6-9-24-10-7-19)13-16-12-17(22-25-16)14-4-3-5-15(20)11-14/h3-5,11,16H,2,6-10,12-13H2,1H3,(H,21,23)/t16-/m1/s1. The van der Waals surface area contributed by atoms with Crippen LogP contribution in [0.5, 0.6) is 0 Å². The van der Waals surface area contributed by atoms with Crippen LogP contribution in [0.2, 0.25) is 0 Å². The van der Waals surface area contributed by atoms with E-state index in [2.05, 4.69) is 10.5 Å². The van der Waals surface area contributed by atoms with Gasteiger partial charge in [0.25, 0.3) is 0 Å². The van der Waals surface area contributed by atoms with Crippen molar-refractivity contribution in [2.75, 3.05) is 19.8 Å². The molecule has 1 aromatic rings. The van der Waals surface area contributed by atoms with Crippen molar-refractivity contribution < 1.29 is 18.8 Å². The first kappa shape index (κ1) is 17.9. The maximum Gasteiger partial charge on any atom is 0.226 e. The Morgan fingerprint density at radius 3 is 2.92 bits per heavy atom. The molecule has 1 saturated heterocycles. The molecule has 2 heterocycles. The van der Waals surface area contributed by atoms with Crippen molar-refractivity contribution in [3.05, 3.63) is 35.6 Å². The largest absolute Gasteiger partial charge is 0.392 e. The second-order valence-electron chi connectivity index (χ2n) is 6.83. The fourth-order valence-corrected chi connectivity index (χ4v) is 3.52. The molecule has 0 radical (unpaired) electrons. The molecule has 0 spiro atoms. The summed E-state index contributed by atoms with van der Waals surface area (Å²) >= 11 is 0. The summed E-state index contributed by atoms with van der Waals surface area (Å²) in [6, 6.07) is 6.36. The molecule has 5 nitrogen and oxygen atoms in total. The minimum atomic E-state index is -0.467. The number of amides is 1. The van der Waals surface area contributed by atoms with Gasteiger partial charge in [0.15, 0.2) is 0 Å². The van der Waals surface area contributed by atoms with Crippen molar-refractivity contribution in [2.45, 2.75) is 45.1 Å². The summed E-state index contributed by atoms with van der Waals surface area (Å²) in [5.41, 5.74) is 1.00. The summed E-state index contributed by atoms with van der Waals surface area (Å²) in [5.74, 6) is -0.205. The van der Waals surface area contributed by atoms with E-state index in [9.17, 15) is 9.18 Å². The van der Waals surface area contributed by atoms with Crippen LogP contribution in [0.25, 0.3) is 0 Å². The van der Waals surface area contributed by atoms with Gasteiger partial charge in [-0.15, -0.1) is 0 Å². The van der Waals surface area contributed by atoms with E-state index in [1.807, 2.05) is 13.0 Å². The molecule has 0 bridgehead atoms. The SMILES string of the molecule is CCCNC(=O)C1(C[C@H]2CC(c3cccc(F)c3)=NO2)CCOCC1. The van der Waals surface area contributed by atoms with E-state index in [0.29, 0.717) is 45.4 Å². The highest BCUT2D eigenvalue weighted by Crippen LogP contribution is 2.38. The zero-order chi connectivity index (χ0) is 17.7. The van der Waals surface area contributed by atoms with Gasteiger partial charge in [-0.05, 0) is 31.4 Å². The zero-order valence-electron chi connectivity index (χ0n) is 14.6. The number of halogens is 1. The molecule has 0 aromatic heterocycles. The number of carbonyl (C=O) groups is 1. The first-order valence-electron chi connectivity index (χ1n) is 8.98. The van der Waals surface area contributed by atoms with Gasteiger partial charge in [-0.1, -0.05) is 24.2 Å². The Balaban J connectivity index is 1.66. The van der Waals surface area contributed by atoms with Crippen molar-refractivity contribution in [1.29, 1.82) is 0 Å². The lowest BCUT2D eigenvalue weighted by atomic mass is 9.74. The van der Waals surface area contributed by atoms with Gasteiger partial charge in [-0.25, -0.2) is 4.39 Å². The van der Waals surface area contributed by atoms with Gasteiger partial charge in [-0.3, -0.25) is 4.79 Å². The quantitative estimate of drug-likeness (QED) is 0.860. The average molecular weight is 348 g/mol. The minimum absolute atomic E-state index is 0.0838. The fourth-order valence-electron chi connectivity index (χ4n) is 3.52. The van der Waals surface area contributed by atoms with Crippen LogP contribution in [0, 0.1) is 11.2 Å². The Morgan fingerprint density at radius 2 is 2.20 bits per heavy atom. The van der Waals surface area contributed by atoms with Gasteiger partial charge in [0.1, 0.15) is 11.9 Å². The number of rotatable bonds is 6. The maximum atomic E-state index is 13.4. The Morgan fingerprint density at radius 1 is 1.40 bits per heavy atom. The minimum Gasteiger partial charge on any atom is -0.392 e. The lowest BCUT2D eigenvalue weighted by Gasteiger charge is -2.36. The molecule has 1 amide bonds. The highest BCUT2D eigenvalue weighted by molar-refractivity contribution is 6.01. The average Bonchev–Trinajstić information content (AvgIpc) is 3.08. The van der Waals surface area contributed by atoms with Crippen molar-refractivity contribution in [2.24, 2.45) is 10.6 Å². The van der Waals surface area contributed by atoms with Crippen molar-refractivity contribution in [3.8, 4) is 0 Å². The van der Waals surface area contributed by atoms with E-state index >= 15 is 0 Å². The van der Waals surface area contributed by atoms with Gasteiger partial charge in [-0.2, -0.15) is 0 Å². The number of carbonyl (C=O) groups excluding carboxylic acids is 1. The fraction of sp³-hybridized carbons (Fsp3) is 0.579. The van der Waals surface area contributed by atoms with Crippen LogP contribution in [0.15, 0.2) is 29.4 Å². The molecule has 2 aliphatic heterocycles. The second kappa shape index (κ2) is 7.95. The molecule has 1 atom stereocenters. The van der Waals surface area contributed by atoms with Crippen LogP contribution in [-0.2, 0) is 14.4 Å². The highest BCUT2D eigenvalue weighted by Gasteiger charge is 2.43. The first-order valence-corrected chi connectivity index (χ1v) is 8.98. The molecule has 1 fully saturated rings. The summed E-state index contributed by atoms with van der Waals surface area (Å²) in [6.07, 6.45) is 3.32. The lowest BCUT2D eigenvalue weighted by molar-refractivity contribution is -0.140. The highest BCUT2D eigenvalue weighted by atomic mass is 19.1. The molecular weight excluding hydrogens is 323 g/mol. The number of nitrogens with zero attached hydrogens (tertiary/aromatic N) is 1. The van der Waals surface area contributed by atoms with E-state index in [0.717, 1.165) is 17.7 Å². The summed E-state index contributed by atoms with van der Waals surface area (Å²) in [7, 11) is 0. The summed E-state index contributed by atoms with van der Waals surface area (Å²) in [4.78, 5) is 18.3. The smallest absolute Gasteiger partial charge is 0.226 e. The Hall–Kier alpha value is -1.95. The second-order valence-corrected chi connectivity index (χ2v) is 6.83. The number of benzene rings is 1. The molecule has 0 saturated carbocycles. The van der Waals surface area contributed by atoms with Crippen molar-refractivity contribution in [3.63, 3.8) is 0 Å². The van der Waals surface area contributed by atoms with Crippen LogP contribution in [0.3, 0.4) is 0 Å². The number of oxime groups is 1. The summed E-state index contributed by atoms with van der Waals surface area (Å²) < 4.78 is 18.9. The summed E-state index contributed by atoms with van der Waals surface area (Å²) in [6.45, 7) is 3.89. The molecule has 6 heteroatoms. The first-order chi connectivity index (χ1) is 12.1. The number of hydrogen-bond donors (Lipinski definition) is 1. The predicted molar refractivity (Wildman–Crippen MR) is 92.8 cm³/mol. The normalized spacial score (nSPS) is 22.2. The molecule has 3 rings (SSSR count). The van der Waals surface area contributed by atoms with Crippen LogP contribution in [0.1, 0.15) is 44.6 Å². The maximum absolute atomic E-state index is 13.4. The van der Waals surface area contributed by atoms with Gasteiger partial charge >= 0.3 is 0 Å². The van der Waals surface area contributed by atoms with Crippen molar-refractivity contribution >= 4 is 11.6 Å². The molecule has 136 valence electrons. The molecule has 2 aliphatic rings. The van der Waals surface area contributed by atoms with E-state index in [1.165, 1.54) is 12.1 Å². The van der Waals surface area contributed by atoms with Crippen LogP contribution >= 0.6 is 0 Å². The van der Waals surface area contributed by atoms with Gasteiger partial charge in [0, 0.05) is 38.2 Å². The predicted octanol–water partition coefficient (Wildman–Crippen LogP) is 3.03. The molecule has 0 aliphatic carbocycles. The van der Waals surface area contributed by atoms with Crippen LogP contribution in [-0.4, -0.2) is 37.5 Å². The molecular formula is C19H25FN2O3. The number of hydrogen-bond acceptors (Lipinski definition) is 4. The van der Waals surface area contributed by atoms with Crippen molar-refractivity contribution in [1.82, 2.24) is 5.32 Å². The number of nitrogens with one attached hydrogen (secondary N) is 1. The molecule has 25 heavy (non-hydrogen) atoms. The van der Waals surface area contributed by atoms with Crippen LogP contribution < -0.4 is 5.32 Å². The molecule has 0 unspecified atom stereocenters. The molecule has 1 N–H and O–H groups in total. The lowest BCUT2D eigenvalue weighted by Crippen LogP contribution is -2.46. The Labute approximate surface area is 147 Å². The Kier molecular flexibility index (Phi) is 5.68. The van der Waals surface area contributed by atoms with E-state index in [-0.39, 0.29) is 17.8 Å². The van der Waals surface area contributed by atoms with E-state index in [4.69, 9.17) is 9.57 Å². The monoisotopic (exact) mass is 348 g/mol. The van der Waals surface area contributed by atoms with E-state index in [1.54, 1.807) is 6.07 Å². The summed E-state index contributed by atoms with van der Waals surface area (Å²) in [5, 5.41) is 7.16. The van der Waals surface area contributed by atoms with Gasteiger partial charge in [0.2, 0.25) is 5.91 Å². The number of ether oxygens (including phenoxy) is 1. The zero-order valence-corrected chi connectivity index (χ0v) is 14.6. The van der Waals surface area contributed by atoms with Crippen LogP contribution in [0.4, 0.5) is 4.39 Å².